The highest BCUT2D eigenvalue weighted by Gasteiger charge is 2.17. The molecule has 0 amide bonds. The largest absolute Gasteiger partial charge is 0.481 e. The fourth-order valence-electron chi connectivity index (χ4n) is 2.60. The molecule has 3 aromatic rings. The number of carboxylic acids is 1. The Hall–Kier alpha value is -2.93. The molecule has 0 radical (unpaired) electrons. The third-order valence-corrected chi connectivity index (χ3v) is 4.37. The number of nitrogens with one attached hydrogen (secondary N) is 2. The zero-order valence-corrected chi connectivity index (χ0v) is 14.9. The zero-order chi connectivity index (χ0) is 18.8. The molecule has 0 saturated carbocycles. The van der Waals surface area contributed by atoms with Crippen molar-refractivity contribution in [1.29, 1.82) is 0 Å². The molecular formula is C18H17ClN4O3. The van der Waals surface area contributed by atoms with Gasteiger partial charge >= 0.3 is 5.97 Å². The SMILES string of the molecule is CC(Nc1nccc([C@H](C)C(=O)O)n1)c1cc2cc(Cl)ccc2[nH]c1=O. The molecule has 2 aromatic heterocycles. The lowest BCUT2D eigenvalue weighted by atomic mass is 10.1. The molecule has 26 heavy (non-hydrogen) atoms. The second-order valence-corrected chi connectivity index (χ2v) is 6.45. The predicted octanol–water partition coefficient (Wildman–Crippen LogP) is 3.33. The maximum atomic E-state index is 12.4. The summed E-state index contributed by atoms with van der Waals surface area (Å²) in [5, 5.41) is 13.5. The van der Waals surface area contributed by atoms with Crippen LogP contribution in [0.3, 0.4) is 0 Å². The van der Waals surface area contributed by atoms with E-state index in [1.807, 2.05) is 0 Å². The Balaban J connectivity index is 1.91. The molecule has 0 saturated heterocycles. The van der Waals surface area contributed by atoms with Gasteiger partial charge in [-0.3, -0.25) is 9.59 Å². The van der Waals surface area contributed by atoms with E-state index in [4.69, 9.17) is 16.7 Å². The summed E-state index contributed by atoms with van der Waals surface area (Å²) < 4.78 is 0. The van der Waals surface area contributed by atoms with Gasteiger partial charge in [0, 0.05) is 27.7 Å². The Morgan fingerprint density at radius 3 is 2.77 bits per heavy atom. The summed E-state index contributed by atoms with van der Waals surface area (Å²) in [4.78, 5) is 34.6. The normalized spacial score (nSPS) is 13.3. The zero-order valence-electron chi connectivity index (χ0n) is 14.2. The van der Waals surface area contributed by atoms with Crippen LogP contribution in [0.1, 0.15) is 37.1 Å². The first-order chi connectivity index (χ1) is 12.3. The van der Waals surface area contributed by atoms with Gasteiger partial charge in [-0.15, -0.1) is 0 Å². The smallest absolute Gasteiger partial charge is 0.312 e. The number of aromatic nitrogens is 3. The number of hydrogen-bond acceptors (Lipinski definition) is 5. The van der Waals surface area contributed by atoms with Crippen molar-refractivity contribution >= 4 is 34.4 Å². The Morgan fingerprint density at radius 2 is 2.04 bits per heavy atom. The summed E-state index contributed by atoms with van der Waals surface area (Å²) in [5.74, 6) is -1.46. The molecule has 0 aliphatic rings. The Morgan fingerprint density at radius 1 is 1.27 bits per heavy atom. The summed E-state index contributed by atoms with van der Waals surface area (Å²) in [6.07, 6.45) is 1.49. The van der Waals surface area contributed by atoms with Crippen molar-refractivity contribution in [2.75, 3.05) is 5.32 Å². The summed E-state index contributed by atoms with van der Waals surface area (Å²) >= 11 is 6.02. The van der Waals surface area contributed by atoms with Gasteiger partial charge in [-0.05, 0) is 44.2 Å². The topological polar surface area (TPSA) is 108 Å². The van der Waals surface area contributed by atoms with Crippen LogP contribution in [0.4, 0.5) is 5.95 Å². The molecule has 2 heterocycles. The number of carbonyl (C=O) groups is 1. The second kappa shape index (κ2) is 7.13. The lowest BCUT2D eigenvalue weighted by Gasteiger charge is -2.15. The van der Waals surface area contributed by atoms with Crippen LogP contribution in [-0.4, -0.2) is 26.0 Å². The first kappa shape index (κ1) is 17.9. The van der Waals surface area contributed by atoms with Crippen LogP contribution in [0.25, 0.3) is 10.9 Å². The number of aliphatic carboxylic acids is 1. The molecule has 0 fully saturated rings. The van der Waals surface area contributed by atoms with Gasteiger partial charge in [0.1, 0.15) is 0 Å². The van der Waals surface area contributed by atoms with Crippen LogP contribution in [0.5, 0.6) is 0 Å². The number of halogens is 1. The summed E-state index contributed by atoms with van der Waals surface area (Å²) in [5.41, 5.74) is 1.36. The van der Waals surface area contributed by atoms with Crippen molar-refractivity contribution in [3.05, 3.63) is 63.2 Å². The summed E-state index contributed by atoms with van der Waals surface area (Å²) in [7, 11) is 0. The first-order valence-electron chi connectivity index (χ1n) is 8.00. The molecule has 0 spiro atoms. The third kappa shape index (κ3) is 3.67. The molecule has 7 nitrogen and oxygen atoms in total. The molecule has 8 heteroatoms. The molecular weight excluding hydrogens is 356 g/mol. The third-order valence-electron chi connectivity index (χ3n) is 4.14. The number of nitrogens with zero attached hydrogens (tertiary/aromatic N) is 2. The van der Waals surface area contributed by atoms with Crippen LogP contribution < -0.4 is 10.9 Å². The maximum Gasteiger partial charge on any atom is 0.312 e. The average Bonchev–Trinajstić information content (AvgIpc) is 2.60. The van der Waals surface area contributed by atoms with E-state index < -0.39 is 17.9 Å². The molecule has 0 bridgehead atoms. The first-order valence-corrected chi connectivity index (χ1v) is 8.37. The van der Waals surface area contributed by atoms with Crippen molar-refractivity contribution in [2.45, 2.75) is 25.8 Å². The van der Waals surface area contributed by atoms with Crippen molar-refractivity contribution in [3.8, 4) is 0 Å². The number of H-pyrrole nitrogens is 1. The van der Waals surface area contributed by atoms with E-state index in [2.05, 4.69) is 20.3 Å². The van der Waals surface area contributed by atoms with Gasteiger partial charge in [0.15, 0.2) is 0 Å². The highest BCUT2D eigenvalue weighted by atomic mass is 35.5. The van der Waals surface area contributed by atoms with E-state index in [-0.39, 0.29) is 11.5 Å². The number of hydrogen-bond donors (Lipinski definition) is 3. The molecule has 3 rings (SSSR count). The van der Waals surface area contributed by atoms with Crippen molar-refractivity contribution in [2.24, 2.45) is 0 Å². The number of anilines is 1. The highest BCUT2D eigenvalue weighted by Crippen LogP contribution is 2.21. The molecule has 0 aliphatic heterocycles. The van der Waals surface area contributed by atoms with E-state index in [0.717, 1.165) is 5.39 Å². The number of rotatable bonds is 5. The molecule has 3 N–H and O–H groups in total. The van der Waals surface area contributed by atoms with Gasteiger partial charge in [-0.25, -0.2) is 9.97 Å². The minimum atomic E-state index is -0.967. The molecule has 1 unspecified atom stereocenters. The Kier molecular flexibility index (Phi) is 4.90. The van der Waals surface area contributed by atoms with Gasteiger partial charge in [-0.1, -0.05) is 11.6 Å². The van der Waals surface area contributed by atoms with Crippen molar-refractivity contribution in [3.63, 3.8) is 0 Å². The van der Waals surface area contributed by atoms with E-state index in [0.29, 0.717) is 21.8 Å². The monoisotopic (exact) mass is 372 g/mol. The number of benzene rings is 1. The Labute approximate surface area is 154 Å². The fourth-order valence-corrected chi connectivity index (χ4v) is 2.78. The van der Waals surface area contributed by atoms with Crippen molar-refractivity contribution in [1.82, 2.24) is 15.0 Å². The van der Waals surface area contributed by atoms with Gasteiger partial charge in [-0.2, -0.15) is 0 Å². The van der Waals surface area contributed by atoms with Crippen LogP contribution in [-0.2, 0) is 4.79 Å². The predicted molar refractivity (Wildman–Crippen MR) is 99.7 cm³/mol. The minimum Gasteiger partial charge on any atom is -0.481 e. The lowest BCUT2D eigenvalue weighted by Crippen LogP contribution is -2.20. The summed E-state index contributed by atoms with van der Waals surface area (Å²) in [6.45, 7) is 3.35. The highest BCUT2D eigenvalue weighted by molar-refractivity contribution is 6.31. The molecule has 134 valence electrons. The van der Waals surface area contributed by atoms with E-state index in [1.165, 1.54) is 6.20 Å². The van der Waals surface area contributed by atoms with Crippen molar-refractivity contribution < 1.29 is 9.90 Å². The summed E-state index contributed by atoms with van der Waals surface area (Å²) in [6, 6.07) is 8.16. The number of aromatic amines is 1. The van der Waals surface area contributed by atoms with Gasteiger partial charge in [0.25, 0.3) is 5.56 Å². The molecule has 2 atom stereocenters. The van der Waals surface area contributed by atoms with Crippen LogP contribution in [0, 0.1) is 0 Å². The average molecular weight is 373 g/mol. The molecule has 0 aliphatic carbocycles. The molecule has 1 aromatic carbocycles. The van der Waals surface area contributed by atoms with Crippen LogP contribution >= 0.6 is 11.6 Å². The van der Waals surface area contributed by atoms with Crippen LogP contribution in [0.2, 0.25) is 5.02 Å². The lowest BCUT2D eigenvalue weighted by molar-refractivity contribution is -0.138. The van der Waals surface area contributed by atoms with Gasteiger partial charge in [0.05, 0.1) is 17.7 Å². The maximum absolute atomic E-state index is 12.4. The number of fused-ring (bicyclic) bond motifs is 1. The van der Waals surface area contributed by atoms with Crippen LogP contribution in [0.15, 0.2) is 41.3 Å². The quantitative estimate of drug-likeness (QED) is 0.634. The van der Waals surface area contributed by atoms with E-state index in [1.54, 1.807) is 44.2 Å². The number of pyridine rings is 1. The minimum absolute atomic E-state index is 0.227. The van der Waals surface area contributed by atoms with Gasteiger partial charge < -0.3 is 15.4 Å². The number of carboxylic acid groups (broad SMARTS) is 1. The Bertz CT molecular complexity index is 1030. The standard InChI is InChI=1S/C18H17ClN4O3/c1-9(17(25)26)14-5-6-20-18(23-14)21-10(2)13-8-11-7-12(19)3-4-15(11)22-16(13)24/h3-10H,1-2H3,(H,22,24)(H,25,26)(H,20,21,23)/t9-,10?/m0/s1. The van der Waals surface area contributed by atoms with E-state index in [9.17, 15) is 9.59 Å². The van der Waals surface area contributed by atoms with Gasteiger partial charge in [0.2, 0.25) is 5.95 Å². The fraction of sp³-hybridized carbons (Fsp3) is 0.222. The van der Waals surface area contributed by atoms with E-state index >= 15 is 0 Å². The second-order valence-electron chi connectivity index (χ2n) is 6.02.